The van der Waals surface area contributed by atoms with Crippen LogP contribution in [0.5, 0.6) is 0 Å². The maximum Gasteiger partial charge on any atom is 0.254 e. The molecule has 1 aliphatic heterocycles. The molecule has 2 aromatic rings. The van der Waals surface area contributed by atoms with Crippen molar-refractivity contribution in [1.29, 1.82) is 0 Å². The van der Waals surface area contributed by atoms with E-state index in [1.54, 1.807) is 0 Å². The minimum atomic E-state index is -0.722. The van der Waals surface area contributed by atoms with E-state index in [9.17, 15) is 13.6 Å². The molecular formula is C17H18F2N4OS. The number of amides is 1. The molecule has 1 saturated heterocycles. The highest BCUT2D eigenvalue weighted by molar-refractivity contribution is 7.09. The lowest BCUT2D eigenvalue weighted by Crippen LogP contribution is -2.40. The summed E-state index contributed by atoms with van der Waals surface area (Å²) in [6.07, 6.45) is 4.25. The highest BCUT2D eigenvalue weighted by Gasteiger charge is 2.32. The summed E-state index contributed by atoms with van der Waals surface area (Å²) in [5, 5.41) is 3.60. The molecule has 8 heteroatoms. The molecule has 1 aromatic heterocycles. The number of carbonyl (C=O) groups excluding carboxylic acids is 1. The van der Waals surface area contributed by atoms with Gasteiger partial charge in [-0.05, 0) is 43.9 Å². The van der Waals surface area contributed by atoms with Crippen molar-refractivity contribution in [3.8, 4) is 0 Å². The molecule has 0 bridgehead atoms. The third-order valence-corrected chi connectivity index (χ3v) is 5.44. The summed E-state index contributed by atoms with van der Waals surface area (Å²) in [4.78, 5) is 18.9. The summed E-state index contributed by atoms with van der Waals surface area (Å²) in [6.45, 7) is 1.24. The lowest BCUT2D eigenvalue weighted by molar-refractivity contribution is 0.0947. The lowest BCUT2D eigenvalue weighted by Gasteiger charge is -2.23. The first-order valence-electron chi connectivity index (χ1n) is 8.45. The number of benzene rings is 1. The molecular weight excluding hydrogens is 346 g/mol. The average Bonchev–Trinajstić information content (AvgIpc) is 3.16. The monoisotopic (exact) mass is 364 g/mol. The van der Waals surface area contributed by atoms with Crippen LogP contribution in [-0.4, -0.2) is 34.4 Å². The van der Waals surface area contributed by atoms with Crippen molar-refractivity contribution in [3.05, 3.63) is 41.2 Å². The minimum absolute atomic E-state index is 0.0978. The first-order valence-corrected chi connectivity index (χ1v) is 9.22. The van der Waals surface area contributed by atoms with E-state index in [1.807, 2.05) is 0 Å². The Bertz CT molecular complexity index is 793. The van der Waals surface area contributed by atoms with Gasteiger partial charge < -0.3 is 10.2 Å². The Hall–Kier alpha value is -2.09. The topological polar surface area (TPSA) is 58.1 Å². The highest BCUT2D eigenvalue weighted by atomic mass is 32.1. The van der Waals surface area contributed by atoms with Crippen LogP contribution in [0.3, 0.4) is 0 Å². The molecule has 1 atom stereocenters. The zero-order valence-corrected chi connectivity index (χ0v) is 14.4. The second-order valence-electron chi connectivity index (χ2n) is 6.53. The average molecular weight is 364 g/mol. The van der Waals surface area contributed by atoms with Gasteiger partial charge in [-0.2, -0.15) is 4.37 Å². The van der Waals surface area contributed by atoms with E-state index in [0.717, 1.165) is 61.4 Å². The van der Waals surface area contributed by atoms with Gasteiger partial charge in [0.1, 0.15) is 17.5 Å². The summed E-state index contributed by atoms with van der Waals surface area (Å²) in [6, 6.07) is 2.98. The molecule has 0 spiro atoms. The third-order valence-electron chi connectivity index (χ3n) is 4.67. The number of hydrogen-bond acceptors (Lipinski definition) is 5. The van der Waals surface area contributed by atoms with E-state index in [4.69, 9.17) is 0 Å². The Balaban J connectivity index is 1.40. The molecule has 1 N–H and O–H groups in total. The van der Waals surface area contributed by atoms with Gasteiger partial charge in [0.15, 0.2) is 0 Å². The van der Waals surface area contributed by atoms with Gasteiger partial charge in [0.05, 0.1) is 5.56 Å². The van der Waals surface area contributed by atoms with E-state index in [0.29, 0.717) is 12.5 Å². The predicted octanol–water partition coefficient (Wildman–Crippen LogP) is 3.09. The zero-order valence-electron chi connectivity index (χ0n) is 13.5. The lowest BCUT2D eigenvalue weighted by atomic mass is 10.1. The fourth-order valence-corrected chi connectivity index (χ4v) is 3.97. The fourth-order valence-electron chi connectivity index (χ4n) is 3.13. The van der Waals surface area contributed by atoms with Crippen LogP contribution in [0.25, 0.3) is 0 Å². The molecule has 1 amide bonds. The second kappa shape index (κ2) is 6.67. The zero-order chi connectivity index (χ0) is 17.4. The van der Waals surface area contributed by atoms with Crippen LogP contribution in [0.1, 0.15) is 47.8 Å². The van der Waals surface area contributed by atoms with E-state index in [-0.39, 0.29) is 11.6 Å². The molecule has 5 nitrogen and oxygen atoms in total. The molecule has 1 unspecified atom stereocenters. The van der Waals surface area contributed by atoms with Crippen molar-refractivity contribution in [2.45, 2.75) is 37.6 Å². The summed E-state index contributed by atoms with van der Waals surface area (Å²) in [7, 11) is 0. The predicted molar refractivity (Wildman–Crippen MR) is 90.9 cm³/mol. The van der Waals surface area contributed by atoms with Crippen molar-refractivity contribution in [3.63, 3.8) is 0 Å². The molecule has 25 heavy (non-hydrogen) atoms. The molecule has 2 heterocycles. The Morgan fingerprint density at radius 1 is 1.32 bits per heavy atom. The molecule has 1 aromatic carbocycles. The summed E-state index contributed by atoms with van der Waals surface area (Å²) >= 11 is 1.40. The summed E-state index contributed by atoms with van der Waals surface area (Å²) in [5.41, 5.74) is -0.267. The van der Waals surface area contributed by atoms with Crippen molar-refractivity contribution in [2.75, 3.05) is 18.0 Å². The van der Waals surface area contributed by atoms with Crippen LogP contribution in [-0.2, 0) is 0 Å². The van der Waals surface area contributed by atoms with E-state index < -0.39 is 17.5 Å². The largest absolute Gasteiger partial charge is 0.350 e. The number of hydrogen-bond donors (Lipinski definition) is 1. The van der Waals surface area contributed by atoms with E-state index in [1.165, 1.54) is 11.5 Å². The summed E-state index contributed by atoms with van der Waals surface area (Å²) in [5.74, 6) is -0.506. The van der Waals surface area contributed by atoms with E-state index >= 15 is 0 Å². The second-order valence-corrected chi connectivity index (χ2v) is 7.26. The smallest absolute Gasteiger partial charge is 0.254 e. The van der Waals surface area contributed by atoms with Crippen LogP contribution < -0.4 is 10.2 Å². The molecule has 0 radical (unpaired) electrons. The molecule has 132 valence electrons. The van der Waals surface area contributed by atoms with Gasteiger partial charge >= 0.3 is 0 Å². The minimum Gasteiger partial charge on any atom is -0.350 e. The van der Waals surface area contributed by atoms with E-state index in [2.05, 4.69) is 19.6 Å². The van der Waals surface area contributed by atoms with Crippen LogP contribution in [0.4, 0.5) is 13.9 Å². The number of carbonyl (C=O) groups is 1. The normalized spacial score (nSPS) is 20.1. The maximum absolute atomic E-state index is 13.7. The third kappa shape index (κ3) is 3.49. The van der Waals surface area contributed by atoms with Gasteiger partial charge in [-0.1, -0.05) is 0 Å². The first-order chi connectivity index (χ1) is 12.1. The molecule has 2 fully saturated rings. The van der Waals surface area contributed by atoms with Crippen LogP contribution in [0.2, 0.25) is 0 Å². The van der Waals surface area contributed by atoms with Crippen molar-refractivity contribution >= 4 is 22.6 Å². The van der Waals surface area contributed by atoms with Crippen LogP contribution >= 0.6 is 11.5 Å². The molecule has 1 saturated carbocycles. The number of anilines is 1. The maximum atomic E-state index is 13.7. The Morgan fingerprint density at radius 2 is 2.16 bits per heavy atom. The number of nitrogens with one attached hydrogen (secondary N) is 1. The SMILES string of the molecule is O=C(NCC1CCCN1c1nc(C2CC2)ns1)c1cc(F)ccc1F. The van der Waals surface area contributed by atoms with Gasteiger partial charge in [0.25, 0.3) is 5.91 Å². The van der Waals surface area contributed by atoms with Gasteiger partial charge in [-0.3, -0.25) is 4.79 Å². The standard InChI is InChI=1S/C17H18F2N4OS/c18-11-5-6-14(19)13(8-11)16(24)20-9-12-2-1-7-23(12)17-21-15(22-25-17)10-3-4-10/h5-6,8,10,12H,1-4,7,9H2,(H,20,24). The number of halogens is 2. The van der Waals surface area contributed by atoms with Crippen molar-refractivity contribution in [1.82, 2.24) is 14.7 Å². The Labute approximate surface area is 148 Å². The van der Waals surface area contributed by atoms with Gasteiger partial charge in [-0.25, -0.2) is 13.8 Å². The fraction of sp³-hybridized carbons (Fsp3) is 0.471. The van der Waals surface area contributed by atoms with Gasteiger partial charge in [-0.15, -0.1) is 0 Å². The summed E-state index contributed by atoms with van der Waals surface area (Å²) < 4.78 is 31.4. The highest BCUT2D eigenvalue weighted by Crippen LogP contribution is 2.40. The van der Waals surface area contributed by atoms with Gasteiger partial charge in [0.2, 0.25) is 5.13 Å². The number of rotatable bonds is 5. The number of nitrogens with zero attached hydrogens (tertiary/aromatic N) is 3. The Kier molecular flexibility index (Phi) is 4.37. The van der Waals surface area contributed by atoms with Crippen molar-refractivity contribution < 1.29 is 13.6 Å². The quantitative estimate of drug-likeness (QED) is 0.886. The number of aromatic nitrogens is 2. The Morgan fingerprint density at radius 3 is 2.96 bits per heavy atom. The van der Waals surface area contributed by atoms with Crippen LogP contribution in [0, 0.1) is 11.6 Å². The molecule has 1 aliphatic carbocycles. The first kappa shape index (κ1) is 16.4. The van der Waals surface area contributed by atoms with Crippen LogP contribution in [0.15, 0.2) is 18.2 Å². The van der Waals surface area contributed by atoms with Crippen molar-refractivity contribution in [2.24, 2.45) is 0 Å². The van der Waals surface area contributed by atoms with Gasteiger partial charge in [0, 0.05) is 36.6 Å². The molecule has 4 rings (SSSR count). The molecule has 2 aliphatic rings.